The van der Waals surface area contributed by atoms with E-state index in [9.17, 15) is 43.5 Å². The lowest BCUT2D eigenvalue weighted by atomic mass is 10.1. The summed E-state index contributed by atoms with van der Waals surface area (Å²) in [6.45, 7) is 2.41. The monoisotopic (exact) mass is 1320 g/mol. The van der Waals surface area contributed by atoms with E-state index in [0.29, 0.717) is 19.3 Å². The van der Waals surface area contributed by atoms with Crippen LogP contribution in [0.2, 0.25) is 0 Å². The largest absolute Gasteiger partial charge is 0.472 e. The fourth-order valence-electron chi connectivity index (χ4n) is 9.14. The van der Waals surface area contributed by atoms with Gasteiger partial charge in [-0.3, -0.25) is 32.5 Å². The van der Waals surface area contributed by atoms with Crippen molar-refractivity contribution in [1.82, 2.24) is 0 Å². The van der Waals surface area contributed by atoms with Crippen molar-refractivity contribution in [3.63, 3.8) is 0 Å². The maximum Gasteiger partial charge on any atom is 0.472 e. The molecule has 18 heteroatoms. The summed E-state index contributed by atoms with van der Waals surface area (Å²) < 4.78 is 60.9. The van der Waals surface area contributed by atoms with Gasteiger partial charge in [0.05, 0.1) is 26.4 Å². The molecule has 524 valence electrons. The normalized spacial score (nSPS) is 14.8. The zero-order valence-electron chi connectivity index (χ0n) is 56.7. The van der Waals surface area contributed by atoms with E-state index < -0.39 is 91.5 Å². The fraction of sp³-hybridized carbons (Fsp3) is 0.712. The second kappa shape index (κ2) is 66.2. The molecule has 0 aromatic heterocycles. The molecular weight excluding hydrogens is 1190 g/mol. The number of rotatable bonds is 66. The molecular formula is C73H126O16P2. The number of allylic oxidation sites excluding steroid dienone is 18. The van der Waals surface area contributed by atoms with Crippen molar-refractivity contribution in [1.29, 1.82) is 0 Å². The summed E-state index contributed by atoms with van der Waals surface area (Å²) in [6.07, 6.45) is 74.2. The lowest BCUT2D eigenvalue weighted by molar-refractivity contribution is -0.161. The third-order valence-corrected chi connectivity index (χ3v) is 16.4. The maximum atomic E-state index is 12.9. The number of carbonyl (C=O) groups excluding carboxylic acids is 3. The lowest BCUT2D eigenvalue weighted by Gasteiger charge is -2.21. The zero-order chi connectivity index (χ0) is 66.7. The van der Waals surface area contributed by atoms with E-state index in [4.69, 9.17) is 32.3 Å². The third kappa shape index (κ3) is 67.4. The van der Waals surface area contributed by atoms with Gasteiger partial charge in [0.2, 0.25) is 0 Å². The summed E-state index contributed by atoms with van der Waals surface area (Å²) in [7, 11) is -9.79. The first-order valence-corrected chi connectivity index (χ1v) is 38.2. The van der Waals surface area contributed by atoms with Crippen LogP contribution in [0.25, 0.3) is 0 Å². The minimum Gasteiger partial charge on any atom is -0.463 e. The standard InChI is InChI=1S/C73H126O16P2/c1-4-7-10-13-16-19-22-25-28-30-31-32-33-34-35-37-40-41-44-47-50-53-56-59-71(76)83-62-68(74)63-85-90(79,80)86-64-69(75)65-87-91(81,82)88-67-70(89-73(78)61-58-55-52-49-46-43-38-27-24-21-18-15-12-9-6-3)66-84-72(77)60-57-54-51-48-45-42-39-36-29-26-23-20-17-14-11-8-5-2/h7-8,10-11,16-17,19-20,25-29,31-32,34-35,38,68-70,74-75H,4-6,9,12-15,18,21-24,30,33,36-37,39-67H2,1-3H3,(H,79,80)(H,81,82)/b10-7-,11-8-,19-16-,20-17-,28-25-,29-26-,32-31-,35-34-,38-27-. The van der Waals surface area contributed by atoms with Crippen molar-refractivity contribution in [3.05, 3.63) is 109 Å². The van der Waals surface area contributed by atoms with Crippen molar-refractivity contribution < 1.29 is 75.8 Å². The van der Waals surface area contributed by atoms with E-state index in [0.717, 1.165) is 180 Å². The number of unbranched alkanes of at least 4 members (excludes halogenated alkanes) is 25. The van der Waals surface area contributed by atoms with E-state index in [-0.39, 0.29) is 19.3 Å². The smallest absolute Gasteiger partial charge is 0.463 e. The Morgan fingerprint density at radius 3 is 0.934 bits per heavy atom. The van der Waals surface area contributed by atoms with Crippen LogP contribution in [0.15, 0.2) is 109 Å². The number of aliphatic hydroxyl groups excluding tert-OH is 2. The molecule has 0 saturated carbocycles. The molecule has 0 spiro atoms. The Bertz CT molecular complexity index is 2100. The highest BCUT2D eigenvalue weighted by Gasteiger charge is 2.29. The van der Waals surface area contributed by atoms with E-state index in [1.54, 1.807) is 0 Å². The van der Waals surface area contributed by atoms with Crippen molar-refractivity contribution >= 4 is 33.6 Å². The molecule has 5 unspecified atom stereocenters. The first kappa shape index (κ1) is 87.2. The SMILES string of the molecule is CC/C=C\C/C=C\C/C=C\C/C=C\C/C=C\CCCCCCCCCC(=O)OCC(O)COP(=O)(O)OCC(O)COP(=O)(O)OCC(COC(=O)CCCCCCCCC/C=C\C/C=C\C/C=C\CC)OC(=O)CCCCCCC/C=C\CCCCCCCC. The van der Waals surface area contributed by atoms with Gasteiger partial charge in [0.1, 0.15) is 25.4 Å². The number of aliphatic hydroxyl groups is 2. The summed E-state index contributed by atoms with van der Waals surface area (Å²) in [5.41, 5.74) is 0. The molecule has 0 aliphatic heterocycles. The lowest BCUT2D eigenvalue weighted by Crippen LogP contribution is -2.30. The Labute approximate surface area is 551 Å². The molecule has 0 bridgehead atoms. The van der Waals surface area contributed by atoms with Crippen LogP contribution in [0.4, 0.5) is 0 Å². The van der Waals surface area contributed by atoms with Crippen LogP contribution in [-0.4, -0.2) is 95.9 Å². The average molecular weight is 1320 g/mol. The number of ether oxygens (including phenoxy) is 3. The van der Waals surface area contributed by atoms with Crippen LogP contribution in [-0.2, 0) is 55.8 Å². The van der Waals surface area contributed by atoms with Crippen molar-refractivity contribution in [2.24, 2.45) is 0 Å². The molecule has 0 aliphatic carbocycles. The molecule has 0 rings (SSSR count). The van der Waals surface area contributed by atoms with Gasteiger partial charge in [0.25, 0.3) is 0 Å². The topological polar surface area (TPSA) is 231 Å². The Kier molecular flexibility index (Phi) is 63.5. The molecule has 0 radical (unpaired) electrons. The van der Waals surface area contributed by atoms with Gasteiger partial charge in [0, 0.05) is 19.3 Å². The van der Waals surface area contributed by atoms with Crippen LogP contribution >= 0.6 is 15.6 Å². The minimum atomic E-state index is -4.93. The molecule has 5 atom stereocenters. The predicted molar refractivity (Wildman–Crippen MR) is 371 cm³/mol. The number of phosphoric acid groups is 2. The molecule has 0 fully saturated rings. The first-order valence-electron chi connectivity index (χ1n) is 35.2. The quantitative estimate of drug-likeness (QED) is 0.0146. The van der Waals surface area contributed by atoms with E-state index in [1.165, 1.54) is 38.5 Å². The Hall–Kier alpha value is -3.79. The molecule has 0 aromatic carbocycles. The summed E-state index contributed by atoms with van der Waals surface area (Å²) in [4.78, 5) is 58.4. The Morgan fingerprint density at radius 1 is 0.319 bits per heavy atom. The van der Waals surface area contributed by atoms with Gasteiger partial charge in [-0.25, -0.2) is 9.13 Å². The molecule has 91 heavy (non-hydrogen) atoms. The average Bonchev–Trinajstić information content (AvgIpc) is 3.63. The minimum absolute atomic E-state index is 0.0915. The summed E-state index contributed by atoms with van der Waals surface area (Å²) in [6, 6.07) is 0. The van der Waals surface area contributed by atoms with Gasteiger partial charge in [-0.05, 0) is 122 Å². The molecule has 0 aromatic rings. The van der Waals surface area contributed by atoms with Crippen molar-refractivity contribution in [2.75, 3.05) is 39.6 Å². The Morgan fingerprint density at radius 2 is 0.582 bits per heavy atom. The van der Waals surface area contributed by atoms with Gasteiger partial charge in [-0.2, -0.15) is 0 Å². The maximum absolute atomic E-state index is 12.9. The number of hydrogen-bond donors (Lipinski definition) is 4. The molecule has 0 saturated heterocycles. The van der Waals surface area contributed by atoms with Gasteiger partial charge in [-0.15, -0.1) is 0 Å². The number of phosphoric ester groups is 2. The molecule has 16 nitrogen and oxygen atoms in total. The van der Waals surface area contributed by atoms with Gasteiger partial charge in [-0.1, -0.05) is 246 Å². The van der Waals surface area contributed by atoms with E-state index in [2.05, 4.69) is 130 Å². The first-order chi connectivity index (χ1) is 44.2. The fourth-order valence-corrected chi connectivity index (χ4v) is 10.7. The summed E-state index contributed by atoms with van der Waals surface area (Å²) >= 11 is 0. The van der Waals surface area contributed by atoms with Gasteiger partial charge >= 0.3 is 33.6 Å². The van der Waals surface area contributed by atoms with Crippen LogP contribution in [0, 0.1) is 0 Å². The zero-order valence-corrected chi connectivity index (χ0v) is 58.5. The molecule has 0 heterocycles. The van der Waals surface area contributed by atoms with Gasteiger partial charge < -0.3 is 34.2 Å². The second-order valence-corrected chi connectivity index (χ2v) is 26.2. The highest BCUT2D eigenvalue weighted by atomic mass is 31.2. The van der Waals surface area contributed by atoms with Crippen LogP contribution in [0.1, 0.15) is 278 Å². The Balaban J connectivity index is 4.63. The van der Waals surface area contributed by atoms with Crippen LogP contribution in [0.3, 0.4) is 0 Å². The van der Waals surface area contributed by atoms with Crippen molar-refractivity contribution in [2.45, 2.75) is 296 Å². The number of hydrogen-bond acceptors (Lipinski definition) is 14. The third-order valence-electron chi connectivity index (χ3n) is 14.5. The number of carbonyl (C=O) groups is 3. The van der Waals surface area contributed by atoms with Crippen LogP contribution < -0.4 is 0 Å². The predicted octanol–water partition coefficient (Wildman–Crippen LogP) is 19.6. The number of esters is 3. The summed E-state index contributed by atoms with van der Waals surface area (Å²) in [5.74, 6) is -1.60. The molecule has 4 N–H and O–H groups in total. The van der Waals surface area contributed by atoms with Crippen LogP contribution in [0.5, 0.6) is 0 Å². The van der Waals surface area contributed by atoms with E-state index in [1.807, 2.05) is 0 Å². The highest BCUT2D eigenvalue weighted by Crippen LogP contribution is 2.45. The van der Waals surface area contributed by atoms with Gasteiger partial charge in [0.15, 0.2) is 6.10 Å². The van der Waals surface area contributed by atoms with E-state index >= 15 is 0 Å². The molecule has 0 aliphatic rings. The van der Waals surface area contributed by atoms with Crippen molar-refractivity contribution in [3.8, 4) is 0 Å². The second-order valence-electron chi connectivity index (χ2n) is 23.3. The molecule has 0 amide bonds. The summed E-state index contributed by atoms with van der Waals surface area (Å²) in [5, 5.41) is 20.6. The highest BCUT2D eigenvalue weighted by molar-refractivity contribution is 7.47.